The number of nitrogens with one attached hydrogen (secondary N) is 1. The third kappa shape index (κ3) is 5.81. The Morgan fingerprint density at radius 2 is 2.05 bits per heavy atom. The predicted molar refractivity (Wildman–Crippen MR) is 151 cm³/mol. The van der Waals surface area contributed by atoms with Crippen LogP contribution >= 0.6 is 11.6 Å². The first-order valence-electron chi connectivity index (χ1n) is 13.0. The maximum atomic E-state index is 12.7. The van der Waals surface area contributed by atoms with Gasteiger partial charge in [0.2, 0.25) is 0 Å². The summed E-state index contributed by atoms with van der Waals surface area (Å²) in [5.74, 6) is -0.143. The first-order valence-corrected chi connectivity index (χ1v) is 13.4. The van der Waals surface area contributed by atoms with E-state index in [9.17, 15) is 20.1 Å². The Labute approximate surface area is 236 Å². The minimum Gasteiger partial charge on any atom is -0.456 e. The van der Waals surface area contributed by atoms with Crippen molar-refractivity contribution in [2.75, 3.05) is 26.3 Å². The van der Waals surface area contributed by atoms with E-state index >= 15 is 0 Å². The number of hydrogen-bond acceptors (Lipinski definition) is 8. The van der Waals surface area contributed by atoms with E-state index in [0.29, 0.717) is 47.0 Å². The fraction of sp³-hybridized carbons (Fsp3) is 0.345. The summed E-state index contributed by atoms with van der Waals surface area (Å²) in [6.45, 7) is 6.43. The van der Waals surface area contributed by atoms with Gasteiger partial charge in [0.25, 0.3) is 11.9 Å². The number of likely N-dealkylation sites (tertiary alicyclic amines) is 1. The molecule has 0 unspecified atom stereocenters. The van der Waals surface area contributed by atoms with Crippen LogP contribution in [0.1, 0.15) is 18.9 Å². The Morgan fingerprint density at radius 3 is 2.70 bits per heavy atom. The summed E-state index contributed by atoms with van der Waals surface area (Å²) in [5.41, 5.74) is 4.71. The van der Waals surface area contributed by atoms with Crippen LogP contribution in [0.25, 0.3) is 28.0 Å². The molecule has 2 aliphatic rings. The predicted octanol–water partition coefficient (Wildman–Crippen LogP) is 2.89. The second-order valence-corrected chi connectivity index (χ2v) is 10.3. The van der Waals surface area contributed by atoms with Gasteiger partial charge < -0.3 is 34.7 Å². The highest BCUT2D eigenvalue weighted by atomic mass is 35.5. The first kappa shape index (κ1) is 28.0. The van der Waals surface area contributed by atoms with E-state index in [1.165, 1.54) is 6.08 Å². The summed E-state index contributed by atoms with van der Waals surface area (Å²) in [7, 11) is 0. The zero-order chi connectivity index (χ0) is 28.4. The number of pyridine rings is 1. The number of H-pyrrole nitrogens is 1. The molecule has 2 aliphatic heterocycles. The number of aliphatic hydroxyl groups is 3. The van der Waals surface area contributed by atoms with Crippen molar-refractivity contribution in [1.82, 2.24) is 19.9 Å². The number of nitrogens with zero attached hydrogens (tertiary/aromatic N) is 3. The lowest BCUT2D eigenvalue weighted by molar-refractivity contribution is -0.126. The minimum atomic E-state index is -0.972. The van der Waals surface area contributed by atoms with Crippen LogP contribution in [-0.4, -0.2) is 91.8 Å². The van der Waals surface area contributed by atoms with Gasteiger partial charge in [-0.2, -0.15) is 4.98 Å². The number of carbonyl (C=O) groups excluding carboxylic acids is 1. The van der Waals surface area contributed by atoms with Gasteiger partial charge in [0.1, 0.15) is 12.2 Å². The number of aromatic nitrogens is 3. The zero-order valence-electron chi connectivity index (χ0n) is 22.0. The van der Waals surface area contributed by atoms with Crippen molar-refractivity contribution in [3.05, 3.63) is 71.3 Å². The fourth-order valence-electron chi connectivity index (χ4n) is 4.75. The number of hydrogen-bond donors (Lipinski definition) is 4. The quantitative estimate of drug-likeness (QED) is 0.241. The van der Waals surface area contributed by atoms with Gasteiger partial charge in [-0.05, 0) is 36.6 Å². The molecule has 0 bridgehead atoms. The molecule has 0 spiro atoms. The van der Waals surface area contributed by atoms with Gasteiger partial charge in [-0.25, -0.2) is 4.98 Å². The van der Waals surface area contributed by atoms with E-state index in [-0.39, 0.29) is 25.1 Å². The summed E-state index contributed by atoms with van der Waals surface area (Å²) in [6, 6.07) is 9.60. The van der Waals surface area contributed by atoms with E-state index in [0.717, 1.165) is 16.7 Å². The number of amides is 1. The van der Waals surface area contributed by atoms with E-state index in [1.54, 1.807) is 17.0 Å². The van der Waals surface area contributed by atoms with E-state index in [2.05, 4.69) is 21.5 Å². The van der Waals surface area contributed by atoms with Crippen molar-refractivity contribution < 1.29 is 29.6 Å². The standard InChI is InChI=1S/C29H31ClN4O6/c1-3-17(28(38)34-11-10-20(36)13-34)5-4-16(2)18-6-8-19(9-7-18)25-21(30)12-22-27(32-25)33-29(31-22)40-24-15-39-23(14-35)26(24)37/h3-9,12,20,23-24,26,35-37H,1,10-11,13-15H2,2H3,(H,31,32,33)/b16-4+,17-5+/t20-,23-,24-,26-/m1/s1. The SMILES string of the molecule is C=C/C(=C\C=C(/C)c1ccc(-c2nc3nc(O[C@@H]4CO[C@H](CO)[C@H]4O)[nH]c3cc2Cl)cc1)C(=O)N1CC[C@@H](O)C1. The number of allylic oxidation sites excluding steroid dienone is 3. The maximum absolute atomic E-state index is 12.7. The van der Waals surface area contributed by atoms with Crippen LogP contribution in [0.3, 0.4) is 0 Å². The number of aliphatic hydroxyl groups excluding tert-OH is 3. The van der Waals surface area contributed by atoms with E-state index in [4.69, 9.17) is 21.1 Å². The largest absolute Gasteiger partial charge is 0.456 e. The molecule has 10 nitrogen and oxygen atoms in total. The Bertz CT molecular complexity index is 1470. The molecule has 0 saturated carbocycles. The molecular weight excluding hydrogens is 536 g/mol. The van der Waals surface area contributed by atoms with Crippen molar-refractivity contribution in [1.29, 1.82) is 0 Å². The van der Waals surface area contributed by atoms with Crippen LogP contribution < -0.4 is 4.74 Å². The third-order valence-electron chi connectivity index (χ3n) is 7.13. The van der Waals surface area contributed by atoms with Gasteiger partial charge in [-0.3, -0.25) is 4.79 Å². The number of halogens is 1. The Kier molecular flexibility index (Phi) is 8.34. The van der Waals surface area contributed by atoms with Gasteiger partial charge in [-0.1, -0.05) is 54.6 Å². The average Bonchev–Trinajstić information content (AvgIpc) is 3.66. The van der Waals surface area contributed by atoms with E-state index < -0.39 is 24.4 Å². The fourth-order valence-corrected chi connectivity index (χ4v) is 5.01. The highest BCUT2D eigenvalue weighted by Crippen LogP contribution is 2.31. The van der Waals surface area contributed by atoms with Gasteiger partial charge in [-0.15, -0.1) is 0 Å². The monoisotopic (exact) mass is 566 g/mol. The van der Waals surface area contributed by atoms with Gasteiger partial charge in [0.15, 0.2) is 11.8 Å². The number of ether oxygens (including phenoxy) is 2. The Morgan fingerprint density at radius 1 is 1.27 bits per heavy atom. The van der Waals surface area contributed by atoms with Crippen LogP contribution in [-0.2, 0) is 9.53 Å². The molecule has 4 N–H and O–H groups in total. The smallest absolute Gasteiger partial charge is 0.296 e. The van der Waals surface area contributed by atoms with Gasteiger partial charge in [0, 0.05) is 24.2 Å². The van der Waals surface area contributed by atoms with Crippen LogP contribution in [0, 0.1) is 0 Å². The topological polar surface area (TPSA) is 141 Å². The van der Waals surface area contributed by atoms with Crippen molar-refractivity contribution in [2.24, 2.45) is 0 Å². The van der Waals surface area contributed by atoms with Crippen LogP contribution in [0.4, 0.5) is 0 Å². The number of rotatable bonds is 8. The summed E-state index contributed by atoms with van der Waals surface area (Å²) >= 11 is 6.55. The van der Waals surface area contributed by atoms with Crippen LogP contribution in [0.5, 0.6) is 6.01 Å². The van der Waals surface area contributed by atoms with Crippen molar-refractivity contribution >= 4 is 34.2 Å². The van der Waals surface area contributed by atoms with Crippen LogP contribution in [0.15, 0.2) is 60.7 Å². The molecule has 2 aromatic heterocycles. The molecule has 0 radical (unpaired) electrons. The second kappa shape index (κ2) is 11.9. The van der Waals surface area contributed by atoms with Crippen LogP contribution in [0.2, 0.25) is 5.02 Å². The third-order valence-corrected chi connectivity index (χ3v) is 7.42. The normalized spacial score (nSPS) is 23.7. The Hall–Kier alpha value is -3.54. The molecule has 11 heteroatoms. The molecule has 3 aromatic rings. The molecule has 1 aromatic carbocycles. The highest BCUT2D eigenvalue weighted by Gasteiger charge is 2.37. The molecule has 4 heterocycles. The molecule has 5 rings (SSSR count). The summed E-state index contributed by atoms with van der Waals surface area (Å²) in [4.78, 5) is 26.4. The number of benzene rings is 1. The number of carbonyl (C=O) groups is 1. The van der Waals surface area contributed by atoms with Crippen molar-refractivity contribution in [3.63, 3.8) is 0 Å². The van der Waals surface area contributed by atoms with Gasteiger partial charge in [0.05, 0.1) is 35.6 Å². The minimum absolute atomic E-state index is 0.132. The maximum Gasteiger partial charge on any atom is 0.296 e. The summed E-state index contributed by atoms with van der Waals surface area (Å²) in [6.07, 6.45) is 2.93. The lowest BCUT2D eigenvalue weighted by atomic mass is 10.0. The average molecular weight is 567 g/mol. The highest BCUT2D eigenvalue weighted by molar-refractivity contribution is 6.33. The lowest BCUT2D eigenvalue weighted by Gasteiger charge is -2.15. The molecule has 0 aliphatic carbocycles. The van der Waals surface area contributed by atoms with Crippen molar-refractivity contribution in [2.45, 2.75) is 37.8 Å². The molecule has 1 amide bonds. The zero-order valence-corrected chi connectivity index (χ0v) is 22.7. The molecule has 4 atom stereocenters. The lowest BCUT2D eigenvalue weighted by Crippen LogP contribution is -2.36. The molecule has 210 valence electrons. The van der Waals surface area contributed by atoms with Gasteiger partial charge >= 0.3 is 0 Å². The molecular formula is C29H31ClN4O6. The summed E-state index contributed by atoms with van der Waals surface area (Å²) in [5, 5.41) is 29.6. The van der Waals surface area contributed by atoms with E-state index in [1.807, 2.05) is 37.3 Å². The molecule has 2 saturated heterocycles. The molecule has 40 heavy (non-hydrogen) atoms. The number of fused-ring (bicyclic) bond motifs is 1. The molecule has 2 fully saturated rings. The number of imidazole rings is 1. The summed E-state index contributed by atoms with van der Waals surface area (Å²) < 4.78 is 11.1. The number of aromatic amines is 1. The first-order chi connectivity index (χ1) is 19.3. The number of β-amino-alcohol motifs (C(OH)–C–C–N with tert-alkyl or cyclic N) is 1. The van der Waals surface area contributed by atoms with Crippen molar-refractivity contribution in [3.8, 4) is 17.3 Å². The second-order valence-electron chi connectivity index (χ2n) is 9.88. The Balaban J connectivity index is 1.31.